The molecule has 1 saturated heterocycles. The van der Waals surface area contributed by atoms with Crippen molar-refractivity contribution in [2.24, 2.45) is 5.73 Å². The maximum Gasteiger partial charge on any atom is 0.0280 e. The van der Waals surface area contributed by atoms with E-state index < -0.39 is 0 Å². The Kier molecular flexibility index (Phi) is 4.94. The van der Waals surface area contributed by atoms with Gasteiger partial charge in [0.25, 0.3) is 0 Å². The lowest BCUT2D eigenvalue weighted by Crippen LogP contribution is -2.37. The van der Waals surface area contributed by atoms with Crippen LogP contribution in [0, 0.1) is 0 Å². The first-order chi connectivity index (χ1) is 5.83. The number of piperidine rings is 1. The van der Waals surface area contributed by atoms with Gasteiger partial charge in [0.05, 0.1) is 0 Å². The van der Waals surface area contributed by atoms with Gasteiger partial charge in [0.1, 0.15) is 0 Å². The maximum absolute atomic E-state index is 5.46. The van der Waals surface area contributed by atoms with Gasteiger partial charge in [-0.1, -0.05) is 0 Å². The van der Waals surface area contributed by atoms with Gasteiger partial charge in [0.15, 0.2) is 0 Å². The molecule has 0 unspecified atom stereocenters. The smallest absolute Gasteiger partial charge is 0.0280 e. The predicted molar refractivity (Wildman–Crippen MR) is 60.2 cm³/mol. The molecule has 1 aliphatic rings. The van der Waals surface area contributed by atoms with Crippen LogP contribution in [0.25, 0.3) is 0 Å². The molecular formula is C8H16IN3. The summed E-state index contributed by atoms with van der Waals surface area (Å²) in [5.74, 6) is 0. The molecule has 0 radical (unpaired) electrons. The normalized spacial score (nSPS) is 21.0. The Morgan fingerprint density at radius 3 is 2.83 bits per heavy atom. The fraction of sp³-hybridized carbons (Fsp3) is 0.750. The summed E-state index contributed by atoms with van der Waals surface area (Å²) in [6.07, 6.45) is 4.46. The second kappa shape index (κ2) is 5.77. The summed E-state index contributed by atoms with van der Waals surface area (Å²) in [5.41, 5.74) is 5.46. The Labute approximate surface area is 87.3 Å². The van der Waals surface area contributed by atoms with Crippen molar-refractivity contribution < 1.29 is 0 Å². The summed E-state index contributed by atoms with van der Waals surface area (Å²) in [6, 6.07) is 0.641. The summed E-state index contributed by atoms with van der Waals surface area (Å²) in [6.45, 7) is 2.90. The van der Waals surface area contributed by atoms with E-state index in [9.17, 15) is 0 Å². The van der Waals surface area contributed by atoms with E-state index in [0.717, 1.165) is 13.1 Å². The Morgan fingerprint density at radius 1 is 1.58 bits per heavy atom. The number of hydrogen-bond donors (Lipinski definition) is 3. The molecular weight excluding hydrogens is 265 g/mol. The van der Waals surface area contributed by atoms with Crippen molar-refractivity contribution >= 4 is 22.6 Å². The summed E-state index contributed by atoms with van der Waals surface area (Å²) < 4.78 is 1.19. The standard InChI is InChI=1S/C8H16IN3/c9-7(5-10)6-12-8-1-3-11-4-2-8/h6,8,11-12H,1-5,10H2/b7-6+. The predicted octanol–water partition coefficient (Wildman–Crippen LogP) is 0.563. The van der Waals surface area contributed by atoms with Crippen molar-refractivity contribution in [1.82, 2.24) is 10.6 Å². The molecule has 0 aliphatic carbocycles. The van der Waals surface area contributed by atoms with Crippen LogP contribution in [0.1, 0.15) is 12.8 Å². The lowest BCUT2D eigenvalue weighted by molar-refractivity contribution is 0.420. The Balaban J connectivity index is 2.21. The zero-order chi connectivity index (χ0) is 8.81. The highest BCUT2D eigenvalue weighted by molar-refractivity contribution is 14.1. The van der Waals surface area contributed by atoms with E-state index >= 15 is 0 Å². The van der Waals surface area contributed by atoms with Gasteiger partial charge < -0.3 is 16.4 Å². The van der Waals surface area contributed by atoms with Crippen molar-refractivity contribution in [2.75, 3.05) is 19.6 Å². The SMILES string of the molecule is NC/C(I)=C\NC1CCNCC1. The molecule has 0 aromatic rings. The quantitative estimate of drug-likeness (QED) is 0.663. The molecule has 0 bridgehead atoms. The molecule has 70 valence electrons. The Hall–Kier alpha value is 0.190. The van der Waals surface area contributed by atoms with Crippen LogP contribution in [0.3, 0.4) is 0 Å². The van der Waals surface area contributed by atoms with Crippen LogP contribution in [0.4, 0.5) is 0 Å². The number of nitrogens with two attached hydrogens (primary N) is 1. The van der Waals surface area contributed by atoms with Crippen LogP contribution in [-0.4, -0.2) is 25.7 Å². The lowest BCUT2D eigenvalue weighted by atomic mass is 10.1. The van der Waals surface area contributed by atoms with Gasteiger partial charge in [-0.15, -0.1) is 0 Å². The fourth-order valence-electron chi connectivity index (χ4n) is 1.26. The Morgan fingerprint density at radius 2 is 2.25 bits per heavy atom. The molecule has 4 N–H and O–H groups in total. The molecule has 0 atom stereocenters. The van der Waals surface area contributed by atoms with E-state index in [-0.39, 0.29) is 0 Å². The second-order valence-electron chi connectivity index (χ2n) is 2.99. The largest absolute Gasteiger partial charge is 0.387 e. The molecule has 1 heterocycles. The summed E-state index contributed by atoms with van der Waals surface area (Å²) in [7, 11) is 0. The van der Waals surface area contributed by atoms with E-state index in [1.807, 2.05) is 6.20 Å². The number of halogens is 1. The average Bonchev–Trinajstić information content (AvgIpc) is 2.16. The van der Waals surface area contributed by atoms with Crippen LogP contribution in [0.5, 0.6) is 0 Å². The number of rotatable bonds is 3. The molecule has 0 saturated carbocycles. The van der Waals surface area contributed by atoms with E-state index in [1.165, 1.54) is 16.4 Å². The molecule has 0 aromatic carbocycles. The lowest BCUT2D eigenvalue weighted by Gasteiger charge is -2.22. The molecule has 0 spiro atoms. The van der Waals surface area contributed by atoms with Crippen molar-refractivity contribution in [3.05, 3.63) is 9.78 Å². The zero-order valence-corrected chi connectivity index (χ0v) is 9.30. The highest BCUT2D eigenvalue weighted by atomic mass is 127. The average molecular weight is 281 g/mol. The third-order valence-electron chi connectivity index (χ3n) is 2.01. The molecule has 3 nitrogen and oxygen atoms in total. The van der Waals surface area contributed by atoms with E-state index in [4.69, 9.17) is 5.73 Å². The summed E-state index contributed by atoms with van der Waals surface area (Å²) >= 11 is 2.26. The topological polar surface area (TPSA) is 50.1 Å². The highest BCUT2D eigenvalue weighted by Gasteiger charge is 2.10. The van der Waals surface area contributed by atoms with Crippen molar-refractivity contribution in [3.8, 4) is 0 Å². The minimum atomic E-state index is 0.637. The zero-order valence-electron chi connectivity index (χ0n) is 7.15. The fourth-order valence-corrected chi connectivity index (χ4v) is 1.44. The van der Waals surface area contributed by atoms with Crippen LogP contribution >= 0.6 is 22.6 Å². The van der Waals surface area contributed by atoms with Gasteiger partial charge in [-0.05, 0) is 48.5 Å². The van der Waals surface area contributed by atoms with E-state index in [2.05, 4.69) is 33.2 Å². The monoisotopic (exact) mass is 281 g/mol. The van der Waals surface area contributed by atoms with Crippen LogP contribution in [0.15, 0.2) is 9.78 Å². The number of nitrogens with one attached hydrogen (secondary N) is 2. The molecule has 0 amide bonds. The third kappa shape index (κ3) is 3.73. The van der Waals surface area contributed by atoms with Crippen LogP contribution < -0.4 is 16.4 Å². The number of hydrogen-bond acceptors (Lipinski definition) is 3. The summed E-state index contributed by atoms with van der Waals surface area (Å²) in [5, 5.41) is 6.71. The molecule has 1 rings (SSSR count). The first kappa shape index (κ1) is 10.3. The minimum Gasteiger partial charge on any atom is -0.387 e. The molecule has 1 aliphatic heterocycles. The van der Waals surface area contributed by atoms with Gasteiger partial charge in [0.2, 0.25) is 0 Å². The van der Waals surface area contributed by atoms with Crippen molar-refractivity contribution in [3.63, 3.8) is 0 Å². The summed E-state index contributed by atoms with van der Waals surface area (Å²) in [4.78, 5) is 0. The molecule has 12 heavy (non-hydrogen) atoms. The van der Waals surface area contributed by atoms with E-state index in [1.54, 1.807) is 0 Å². The second-order valence-corrected chi connectivity index (χ2v) is 4.37. The van der Waals surface area contributed by atoms with Gasteiger partial charge in [-0.3, -0.25) is 0 Å². The van der Waals surface area contributed by atoms with Gasteiger partial charge >= 0.3 is 0 Å². The molecule has 4 heteroatoms. The van der Waals surface area contributed by atoms with Crippen molar-refractivity contribution in [1.29, 1.82) is 0 Å². The first-order valence-corrected chi connectivity index (χ1v) is 5.42. The molecule has 0 aromatic heterocycles. The van der Waals surface area contributed by atoms with Gasteiger partial charge in [-0.2, -0.15) is 0 Å². The van der Waals surface area contributed by atoms with Crippen LogP contribution in [-0.2, 0) is 0 Å². The highest BCUT2D eigenvalue weighted by Crippen LogP contribution is 2.05. The van der Waals surface area contributed by atoms with Gasteiger partial charge in [0, 0.05) is 22.4 Å². The van der Waals surface area contributed by atoms with Crippen molar-refractivity contribution in [2.45, 2.75) is 18.9 Å². The maximum atomic E-state index is 5.46. The Bertz CT molecular complexity index is 152. The first-order valence-electron chi connectivity index (χ1n) is 4.34. The van der Waals surface area contributed by atoms with E-state index in [0.29, 0.717) is 12.6 Å². The third-order valence-corrected chi connectivity index (χ3v) is 2.76. The molecule has 1 fully saturated rings. The minimum absolute atomic E-state index is 0.637. The van der Waals surface area contributed by atoms with Gasteiger partial charge in [-0.25, -0.2) is 0 Å². The van der Waals surface area contributed by atoms with Crippen LogP contribution in [0.2, 0.25) is 0 Å².